The maximum Gasteiger partial charge on any atom is 0.129 e. The van der Waals surface area contributed by atoms with Crippen LogP contribution in [0.2, 0.25) is 0 Å². The van der Waals surface area contributed by atoms with Gasteiger partial charge in [-0.3, -0.25) is 0 Å². The Morgan fingerprint density at radius 3 is 2.21 bits per heavy atom. The van der Waals surface area contributed by atoms with Crippen LogP contribution in [0, 0.1) is 0 Å². The summed E-state index contributed by atoms with van der Waals surface area (Å²) in [5.74, 6) is 2.27. The molecule has 0 bridgehead atoms. The molecule has 0 fully saturated rings. The fourth-order valence-corrected chi connectivity index (χ4v) is 1.70. The first-order chi connectivity index (χ1) is 9.22. The van der Waals surface area contributed by atoms with Crippen molar-refractivity contribution in [3.05, 3.63) is 48.0 Å². The first-order valence-electron chi connectivity index (χ1n) is 5.92. The Labute approximate surface area is 112 Å². The molecule has 0 aliphatic rings. The molecule has 0 aromatic heterocycles. The molecule has 0 saturated carbocycles. The third kappa shape index (κ3) is 3.31. The molecule has 0 heterocycles. The van der Waals surface area contributed by atoms with Crippen molar-refractivity contribution in [3.8, 4) is 17.2 Å². The molecular formula is C15H17NO3. The van der Waals surface area contributed by atoms with Crippen LogP contribution in [0.1, 0.15) is 5.56 Å². The van der Waals surface area contributed by atoms with Gasteiger partial charge in [0.1, 0.15) is 23.9 Å². The number of hydrogen-bond donors (Lipinski definition) is 1. The lowest BCUT2D eigenvalue weighted by Gasteiger charge is -2.11. The lowest BCUT2D eigenvalue weighted by atomic mass is 10.2. The first-order valence-corrected chi connectivity index (χ1v) is 5.92. The van der Waals surface area contributed by atoms with Gasteiger partial charge in [-0.25, -0.2) is 0 Å². The van der Waals surface area contributed by atoms with Crippen molar-refractivity contribution in [2.45, 2.75) is 6.61 Å². The average Bonchev–Trinajstić information content (AvgIpc) is 2.46. The molecule has 2 rings (SSSR count). The molecule has 0 unspecified atom stereocenters. The summed E-state index contributed by atoms with van der Waals surface area (Å²) in [4.78, 5) is 0. The number of ether oxygens (including phenoxy) is 3. The number of rotatable bonds is 5. The minimum absolute atomic E-state index is 0.428. The molecule has 19 heavy (non-hydrogen) atoms. The van der Waals surface area contributed by atoms with Crippen LogP contribution < -0.4 is 19.9 Å². The lowest BCUT2D eigenvalue weighted by Crippen LogP contribution is -1.99. The Balaban J connectivity index is 2.08. The van der Waals surface area contributed by atoms with E-state index in [1.165, 1.54) is 0 Å². The van der Waals surface area contributed by atoms with Gasteiger partial charge in [0.15, 0.2) is 0 Å². The van der Waals surface area contributed by atoms with Gasteiger partial charge in [-0.05, 0) is 36.4 Å². The van der Waals surface area contributed by atoms with E-state index < -0.39 is 0 Å². The van der Waals surface area contributed by atoms with Crippen LogP contribution in [0.25, 0.3) is 0 Å². The van der Waals surface area contributed by atoms with Crippen LogP contribution in [-0.2, 0) is 6.61 Å². The largest absolute Gasteiger partial charge is 0.497 e. The van der Waals surface area contributed by atoms with Crippen LogP contribution in [-0.4, -0.2) is 14.2 Å². The van der Waals surface area contributed by atoms with E-state index >= 15 is 0 Å². The smallest absolute Gasteiger partial charge is 0.129 e. The molecule has 0 spiro atoms. The Morgan fingerprint density at radius 1 is 0.895 bits per heavy atom. The predicted molar refractivity (Wildman–Crippen MR) is 74.7 cm³/mol. The second-order valence-electron chi connectivity index (χ2n) is 4.04. The molecule has 0 saturated heterocycles. The predicted octanol–water partition coefficient (Wildman–Crippen LogP) is 2.87. The number of anilines is 1. The summed E-state index contributed by atoms with van der Waals surface area (Å²) in [6.45, 7) is 0.428. The van der Waals surface area contributed by atoms with Crippen molar-refractivity contribution in [2.75, 3.05) is 20.0 Å². The zero-order valence-electron chi connectivity index (χ0n) is 11.1. The summed E-state index contributed by atoms with van der Waals surface area (Å²) in [6, 6.07) is 12.9. The van der Waals surface area contributed by atoms with Crippen molar-refractivity contribution >= 4 is 5.69 Å². The average molecular weight is 259 g/mol. The molecule has 0 atom stereocenters. The van der Waals surface area contributed by atoms with Gasteiger partial charge in [0.05, 0.1) is 14.2 Å². The maximum absolute atomic E-state index is 5.69. The minimum Gasteiger partial charge on any atom is -0.497 e. The number of hydrogen-bond acceptors (Lipinski definition) is 4. The standard InChI is InChI=1S/C15H17NO3/c1-17-14-6-3-11(15(9-14)18-2)10-19-13-7-4-12(16)5-8-13/h3-9H,10,16H2,1-2H3. The first kappa shape index (κ1) is 13.1. The van der Waals surface area contributed by atoms with Crippen molar-refractivity contribution < 1.29 is 14.2 Å². The van der Waals surface area contributed by atoms with Gasteiger partial charge >= 0.3 is 0 Å². The Morgan fingerprint density at radius 2 is 1.58 bits per heavy atom. The zero-order valence-corrected chi connectivity index (χ0v) is 11.1. The summed E-state index contributed by atoms with van der Waals surface area (Å²) >= 11 is 0. The zero-order chi connectivity index (χ0) is 13.7. The Kier molecular flexibility index (Phi) is 4.13. The fraction of sp³-hybridized carbons (Fsp3) is 0.200. The highest BCUT2D eigenvalue weighted by atomic mass is 16.5. The van der Waals surface area contributed by atoms with Crippen molar-refractivity contribution in [1.82, 2.24) is 0 Å². The van der Waals surface area contributed by atoms with Gasteiger partial charge in [0.25, 0.3) is 0 Å². The topological polar surface area (TPSA) is 53.7 Å². The van der Waals surface area contributed by atoms with Gasteiger partial charge < -0.3 is 19.9 Å². The molecule has 4 heteroatoms. The molecule has 2 N–H and O–H groups in total. The van der Waals surface area contributed by atoms with E-state index in [9.17, 15) is 0 Å². The number of benzene rings is 2. The second-order valence-corrected chi connectivity index (χ2v) is 4.04. The van der Waals surface area contributed by atoms with E-state index in [1.54, 1.807) is 26.4 Å². The lowest BCUT2D eigenvalue weighted by molar-refractivity contribution is 0.296. The van der Waals surface area contributed by atoms with E-state index in [-0.39, 0.29) is 0 Å². The number of nitrogens with two attached hydrogens (primary N) is 1. The summed E-state index contributed by atoms with van der Waals surface area (Å²) in [6.07, 6.45) is 0. The van der Waals surface area contributed by atoms with E-state index in [0.717, 1.165) is 28.5 Å². The third-order valence-corrected chi connectivity index (χ3v) is 2.77. The summed E-state index contributed by atoms with van der Waals surface area (Å²) in [5.41, 5.74) is 7.30. The van der Waals surface area contributed by atoms with E-state index in [4.69, 9.17) is 19.9 Å². The monoisotopic (exact) mass is 259 g/mol. The molecule has 0 aliphatic carbocycles. The molecule has 100 valence electrons. The van der Waals surface area contributed by atoms with Crippen LogP contribution in [0.3, 0.4) is 0 Å². The van der Waals surface area contributed by atoms with Crippen molar-refractivity contribution in [2.24, 2.45) is 0 Å². The van der Waals surface area contributed by atoms with Gasteiger partial charge in [-0.2, -0.15) is 0 Å². The SMILES string of the molecule is COc1ccc(COc2ccc(N)cc2)c(OC)c1. The molecule has 0 aliphatic heterocycles. The Bertz CT molecular complexity index is 538. The highest BCUT2D eigenvalue weighted by Gasteiger charge is 2.05. The highest BCUT2D eigenvalue weighted by molar-refractivity contribution is 5.43. The molecule has 0 amide bonds. The van der Waals surface area contributed by atoms with Gasteiger partial charge in [0, 0.05) is 17.3 Å². The van der Waals surface area contributed by atoms with Crippen LogP contribution in [0.5, 0.6) is 17.2 Å². The summed E-state index contributed by atoms with van der Waals surface area (Å²) in [7, 11) is 3.25. The number of methoxy groups -OCH3 is 2. The van der Waals surface area contributed by atoms with Crippen LogP contribution in [0.4, 0.5) is 5.69 Å². The van der Waals surface area contributed by atoms with Crippen molar-refractivity contribution in [3.63, 3.8) is 0 Å². The van der Waals surface area contributed by atoms with Gasteiger partial charge in [0.2, 0.25) is 0 Å². The Hall–Kier alpha value is -2.36. The third-order valence-electron chi connectivity index (χ3n) is 2.77. The molecule has 2 aromatic carbocycles. The molecule has 0 radical (unpaired) electrons. The number of nitrogen functional groups attached to an aromatic ring is 1. The highest BCUT2D eigenvalue weighted by Crippen LogP contribution is 2.26. The minimum atomic E-state index is 0.428. The maximum atomic E-state index is 5.69. The summed E-state index contributed by atoms with van der Waals surface area (Å²) < 4.78 is 16.2. The van der Waals surface area contributed by atoms with Crippen LogP contribution >= 0.6 is 0 Å². The van der Waals surface area contributed by atoms with E-state index in [2.05, 4.69) is 0 Å². The van der Waals surface area contributed by atoms with E-state index in [1.807, 2.05) is 30.3 Å². The molecule has 2 aromatic rings. The second kappa shape index (κ2) is 6.00. The fourth-order valence-electron chi connectivity index (χ4n) is 1.70. The van der Waals surface area contributed by atoms with E-state index in [0.29, 0.717) is 6.61 Å². The van der Waals surface area contributed by atoms with Crippen LogP contribution in [0.15, 0.2) is 42.5 Å². The molecular weight excluding hydrogens is 242 g/mol. The van der Waals surface area contributed by atoms with Gasteiger partial charge in [-0.1, -0.05) is 0 Å². The normalized spacial score (nSPS) is 10.0. The van der Waals surface area contributed by atoms with Crippen molar-refractivity contribution in [1.29, 1.82) is 0 Å². The summed E-state index contributed by atoms with van der Waals surface area (Å²) in [5, 5.41) is 0. The quantitative estimate of drug-likeness (QED) is 0.839. The van der Waals surface area contributed by atoms with Gasteiger partial charge in [-0.15, -0.1) is 0 Å². The molecule has 4 nitrogen and oxygen atoms in total.